The van der Waals surface area contributed by atoms with Crippen LogP contribution in [-0.2, 0) is 11.8 Å². The highest BCUT2D eigenvalue weighted by Crippen LogP contribution is 2.36. The molecular weight excluding hydrogens is 599 g/mol. The van der Waals surface area contributed by atoms with Crippen LogP contribution in [0.15, 0.2) is 30.6 Å². The van der Waals surface area contributed by atoms with Gasteiger partial charge in [-0.2, -0.15) is 0 Å². The van der Waals surface area contributed by atoms with E-state index >= 15 is 4.39 Å². The van der Waals surface area contributed by atoms with Gasteiger partial charge in [0.05, 0.1) is 41.9 Å². The Bertz CT molecular complexity index is 1330. The highest BCUT2D eigenvalue weighted by molar-refractivity contribution is 14.1. The lowest BCUT2D eigenvalue weighted by Crippen LogP contribution is -2.72. The van der Waals surface area contributed by atoms with Crippen molar-refractivity contribution >= 4 is 56.9 Å². The number of carbonyl (C=O) groups excluding carboxylic acids is 1. The van der Waals surface area contributed by atoms with Crippen molar-refractivity contribution in [2.24, 2.45) is 7.05 Å². The van der Waals surface area contributed by atoms with E-state index in [2.05, 4.69) is 15.6 Å². The third kappa shape index (κ3) is 5.70. The summed E-state index contributed by atoms with van der Waals surface area (Å²) >= 11 is 1.99. The van der Waals surface area contributed by atoms with Crippen LogP contribution in [0.2, 0.25) is 0 Å². The molecule has 1 aromatic heterocycles. The van der Waals surface area contributed by atoms with Gasteiger partial charge in [0.15, 0.2) is 5.82 Å². The summed E-state index contributed by atoms with van der Waals surface area (Å²) < 4.78 is 32.4. The molecule has 0 spiro atoms. The first kappa shape index (κ1) is 27.2. The van der Waals surface area contributed by atoms with E-state index in [4.69, 9.17) is 9.90 Å². The molecule has 1 amide bonds. The van der Waals surface area contributed by atoms with Gasteiger partial charge in [-0.3, -0.25) is 9.59 Å². The van der Waals surface area contributed by atoms with Crippen LogP contribution in [0, 0.1) is 15.2 Å². The van der Waals surface area contributed by atoms with Gasteiger partial charge < -0.3 is 30.3 Å². The molecule has 0 aliphatic carbocycles. The van der Waals surface area contributed by atoms with Crippen LogP contribution in [0.25, 0.3) is 11.0 Å². The lowest BCUT2D eigenvalue weighted by molar-refractivity contribution is -0.134. The molecule has 0 saturated carbocycles. The van der Waals surface area contributed by atoms with E-state index in [1.165, 1.54) is 23.4 Å². The standard InChI is InChI=1S/C23H24F2IN5O2.C2H4O2/c1-30-12-28-21-17(30)9-14(20(19(21)25)29-16-6-5-13(26)8-15(16)24)22(32)31-10-23(33,11-31)18-4-2-3-7-27-18;1-2(3)4/h5-6,8-9,12,18,27,29,33H,2-4,7,10-11H2,1H3;1H3,(H,3,4). The van der Waals surface area contributed by atoms with Crippen molar-refractivity contribution < 1.29 is 28.6 Å². The second-order valence-corrected chi connectivity index (χ2v) is 10.6. The van der Waals surface area contributed by atoms with Gasteiger partial charge >= 0.3 is 0 Å². The number of carbonyl (C=O) groups is 2. The number of aliphatic hydroxyl groups is 1. The molecule has 3 heterocycles. The van der Waals surface area contributed by atoms with Crippen LogP contribution in [0.1, 0.15) is 36.5 Å². The summed E-state index contributed by atoms with van der Waals surface area (Å²) in [6, 6.07) is 6.03. The number of benzene rings is 2. The number of anilines is 2. The van der Waals surface area contributed by atoms with E-state index in [0.29, 0.717) is 9.09 Å². The fraction of sp³-hybridized carbons (Fsp3) is 0.400. The average molecular weight is 627 g/mol. The van der Waals surface area contributed by atoms with Gasteiger partial charge in [0.25, 0.3) is 11.9 Å². The van der Waals surface area contributed by atoms with E-state index in [1.54, 1.807) is 23.7 Å². The molecule has 198 valence electrons. The molecule has 2 aliphatic heterocycles. The van der Waals surface area contributed by atoms with E-state index < -0.39 is 29.1 Å². The minimum Gasteiger partial charge on any atom is -0.481 e. The second-order valence-electron chi connectivity index (χ2n) is 9.37. The SMILES string of the molecule is CC(=O)O.Cn1cnc2c(F)c(Nc3ccc(I)cc3F)c(C(=O)N3CC(O)(C4CCCCN4)C3)cc21. The van der Waals surface area contributed by atoms with Crippen molar-refractivity contribution in [2.75, 3.05) is 25.0 Å². The number of aryl methyl sites for hydroxylation is 1. The number of halogens is 3. The predicted molar refractivity (Wildman–Crippen MR) is 143 cm³/mol. The Morgan fingerprint density at radius 2 is 1.95 bits per heavy atom. The maximum absolute atomic E-state index is 15.5. The van der Waals surface area contributed by atoms with Crippen LogP contribution in [0.3, 0.4) is 0 Å². The van der Waals surface area contributed by atoms with Gasteiger partial charge in [0.1, 0.15) is 16.9 Å². The molecule has 12 heteroatoms. The molecule has 2 saturated heterocycles. The minimum absolute atomic E-state index is 0.0603. The Labute approximate surface area is 226 Å². The number of rotatable bonds is 4. The van der Waals surface area contributed by atoms with Crippen molar-refractivity contribution in [3.8, 4) is 0 Å². The summed E-state index contributed by atoms with van der Waals surface area (Å²) in [5.41, 5.74) is -0.452. The van der Waals surface area contributed by atoms with Crippen LogP contribution >= 0.6 is 22.6 Å². The zero-order valence-corrected chi connectivity index (χ0v) is 22.6. The van der Waals surface area contributed by atoms with E-state index in [0.717, 1.165) is 32.7 Å². The Kier molecular flexibility index (Phi) is 7.99. The molecule has 0 bridgehead atoms. The first-order valence-corrected chi connectivity index (χ1v) is 12.9. The Morgan fingerprint density at radius 1 is 1.24 bits per heavy atom. The number of carboxylic acid groups (broad SMARTS) is 1. The Balaban J connectivity index is 0.000000747. The molecule has 1 unspecified atom stereocenters. The number of aromatic nitrogens is 2. The van der Waals surface area contributed by atoms with Crippen LogP contribution < -0.4 is 10.6 Å². The fourth-order valence-corrected chi connectivity index (χ4v) is 5.15. The summed E-state index contributed by atoms with van der Waals surface area (Å²) in [4.78, 5) is 28.0. The normalized spacial score (nSPS) is 18.5. The number of fused-ring (bicyclic) bond motifs is 1. The molecule has 3 aromatic rings. The molecule has 9 nitrogen and oxygen atoms in total. The Hall–Kier alpha value is -2.84. The maximum Gasteiger partial charge on any atom is 0.300 e. The first-order valence-electron chi connectivity index (χ1n) is 11.8. The predicted octanol–water partition coefficient (Wildman–Crippen LogP) is 3.62. The van der Waals surface area contributed by atoms with Gasteiger partial charge in [-0.1, -0.05) is 6.42 Å². The topological polar surface area (TPSA) is 120 Å². The molecule has 4 N–H and O–H groups in total. The number of aliphatic carboxylic acids is 1. The minimum atomic E-state index is -0.999. The molecule has 1 atom stereocenters. The van der Waals surface area contributed by atoms with Gasteiger partial charge in [0, 0.05) is 23.6 Å². The van der Waals surface area contributed by atoms with Crippen molar-refractivity contribution in [3.05, 3.63) is 51.4 Å². The number of imidazole rings is 1. The molecule has 0 radical (unpaired) electrons. The number of hydrogen-bond acceptors (Lipinski definition) is 6. The monoisotopic (exact) mass is 627 g/mol. The number of nitrogens with one attached hydrogen (secondary N) is 2. The van der Waals surface area contributed by atoms with Gasteiger partial charge in [0.2, 0.25) is 0 Å². The van der Waals surface area contributed by atoms with Crippen molar-refractivity contribution in [1.29, 1.82) is 0 Å². The second kappa shape index (κ2) is 10.9. The van der Waals surface area contributed by atoms with Crippen LogP contribution in [0.4, 0.5) is 20.2 Å². The summed E-state index contributed by atoms with van der Waals surface area (Å²) in [6.07, 6.45) is 4.43. The number of amides is 1. The number of carboxylic acids is 1. The van der Waals surface area contributed by atoms with Gasteiger partial charge in [-0.25, -0.2) is 13.8 Å². The van der Waals surface area contributed by atoms with E-state index in [1.807, 2.05) is 22.6 Å². The summed E-state index contributed by atoms with van der Waals surface area (Å²) in [6.45, 7) is 2.25. The molecular formula is C25H28F2IN5O4. The molecule has 2 fully saturated rings. The van der Waals surface area contributed by atoms with Crippen LogP contribution in [0.5, 0.6) is 0 Å². The lowest BCUT2D eigenvalue weighted by atomic mass is 9.81. The van der Waals surface area contributed by atoms with Crippen molar-refractivity contribution in [1.82, 2.24) is 19.8 Å². The first-order chi connectivity index (χ1) is 17.5. The molecule has 37 heavy (non-hydrogen) atoms. The fourth-order valence-electron chi connectivity index (χ4n) is 4.70. The molecule has 5 rings (SSSR count). The zero-order chi connectivity index (χ0) is 26.9. The average Bonchev–Trinajstić information content (AvgIpc) is 3.20. The van der Waals surface area contributed by atoms with Gasteiger partial charge in [-0.05, 0) is 66.2 Å². The third-order valence-electron chi connectivity index (χ3n) is 6.56. The largest absolute Gasteiger partial charge is 0.481 e. The highest BCUT2D eigenvalue weighted by Gasteiger charge is 2.49. The van der Waals surface area contributed by atoms with Crippen molar-refractivity contribution in [3.63, 3.8) is 0 Å². The smallest absolute Gasteiger partial charge is 0.300 e. The lowest BCUT2D eigenvalue weighted by Gasteiger charge is -2.51. The number of β-amino-alcohol motifs (C(OH)–C–C–N with tert-alkyl or cyclic N) is 1. The number of nitrogens with zero attached hydrogens (tertiary/aromatic N) is 3. The number of likely N-dealkylation sites (tertiary alicyclic amines) is 1. The molecule has 2 aliphatic rings. The summed E-state index contributed by atoms with van der Waals surface area (Å²) in [7, 11) is 1.71. The van der Waals surface area contributed by atoms with Crippen LogP contribution in [-0.4, -0.2) is 67.8 Å². The van der Waals surface area contributed by atoms with E-state index in [9.17, 15) is 14.3 Å². The number of piperidine rings is 1. The third-order valence-corrected chi connectivity index (χ3v) is 7.23. The maximum atomic E-state index is 15.5. The molecule has 2 aromatic carbocycles. The summed E-state index contributed by atoms with van der Waals surface area (Å²) in [5, 5.41) is 24.5. The zero-order valence-electron chi connectivity index (χ0n) is 20.4. The van der Waals surface area contributed by atoms with E-state index in [-0.39, 0.29) is 41.6 Å². The summed E-state index contributed by atoms with van der Waals surface area (Å²) in [5.74, 6) is -2.53. The quantitative estimate of drug-likeness (QED) is 0.327. The van der Waals surface area contributed by atoms with Crippen molar-refractivity contribution in [2.45, 2.75) is 37.8 Å². The Morgan fingerprint density at radius 3 is 2.57 bits per heavy atom. The van der Waals surface area contributed by atoms with Gasteiger partial charge in [-0.15, -0.1) is 0 Å². The number of hydrogen-bond donors (Lipinski definition) is 4. The highest BCUT2D eigenvalue weighted by atomic mass is 127.